The number of nitro benzene ring substituents is 1. The van der Waals surface area contributed by atoms with Crippen molar-refractivity contribution in [3.63, 3.8) is 0 Å². The van der Waals surface area contributed by atoms with Gasteiger partial charge in [-0.15, -0.1) is 0 Å². The van der Waals surface area contributed by atoms with Gasteiger partial charge < -0.3 is 14.8 Å². The van der Waals surface area contributed by atoms with E-state index in [1.807, 2.05) is 0 Å². The van der Waals surface area contributed by atoms with Crippen LogP contribution in [0.2, 0.25) is 0 Å². The molecule has 25 heavy (non-hydrogen) atoms. The third kappa shape index (κ3) is 6.86. The smallest absolute Gasteiger partial charge is 0.320 e. The van der Waals surface area contributed by atoms with Gasteiger partial charge in [-0.2, -0.15) is 0 Å². The number of amides is 1. The predicted octanol–water partition coefficient (Wildman–Crippen LogP) is 1.35. The van der Waals surface area contributed by atoms with Crippen LogP contribution in [0.3, 0.4) is 0 Å². The third-order valence-electron chi connectivity index (χ3n) is 3.41. The Hall–Kier alpha value is -2.52. The number of rotatable bonds is 10. The van der Waals surface area contributed by atoms with E-state index < -0.39 is 10.9 Å². The summed E-state index contributed by atoms with van der Waals surface area (Å²) in [6, 6.07) is 4.46. The quantitative estimate of drug-likeness (QED) is 0.384. The van der Waals surface area contributed by atoms with Crippen LogP contribution in [0.1, 0.15) is 12.5 Å². The van der Waals surface area contributed by atoms with Crippen LogP contribution in [0, 0.1) is 17.0 Å². The molecule has 1 aromatic rings. The topological polar surface area (TPSA) is 111 Å². The lowest BCUT2D eigenvalue weighted by Crippen LogP contribution is -2.39. The molecule has 9 heteroatoms. The highest BCUT2D eigenvalue weighted by molar-refractivity contribution is 5.93. The molecular formula is C16H23N3O6. The number of esters is 1. The Bertz CT molecular complexity index is 620. The molecule has 0 spiro atoms. The predicted molar refractivity (Wildman–Crippen MR) is 91.4 cm³/mol. The Morgan fingerprint density at radius 3 is 2.64 bits per heavy atom. The average Bonchev–Trinajstić information content (AvgIpc) is 2.54. The van der Waals surface area contributed by atoms with Gasteiger partial charge in [0.1, 0.15) is 0 Å². The van der Waals surface area contributed by atoms with Crippen LogP contribution in [0.15, 0.2) is 18.2 Å². The maximum absolute atomic E-state index is 12.2. The van der Waals surface area contributed by atoms with Crippen LogP contribution < -0.4 is 5.32 Å². The van der Waals surface area contributed by atoms with E-state index in [9.17, 15) is 19.7 Å². The second-order valence-corrected chi connectivity index (χ2v) is 5.26. The van der Waals surface area contributed by atoms with Crippen molar-refractivity contribution in [3.05, 3.63) is 33.9 Å². The average molecular weight is 353 g/mol. The SMILES string of the molecule is CCOC(=O)CN(CCOC)CC(=O)Nc1cccc([N+](=O)[O-])c1C. The molecule has 0 atom stereocenters. The summed E-state index contributed by atoms with van der Waals surface area (Å²) in [4.78, 5) is 35.9. The molecule has 0 aliphatic rings. The van der Waals surface area contributed by atoms with Gasteiger partial charge in [-0.25, -0.2) is 0 Å². The van der Waals surface area contributed by atoms with E-state index in [-0.39, 0.29) is 31.3 Å². The summed E-state index contributed by atoms with van der Waals surface area (Å²) in [5.41, 5.74) is 0.664. The van der Waals surface area contributed by atoms with Crippen molar-refractivity contribution in [3.8, 4) is 0 Å². The number of ether oxygens (including phenoxy) is 2. The molecule has 0 aliphatic heterocycles. The zero-order valence-corrected chi connectivity index (χ0v) is 14.6. The number of carbonyl (C=O) groups excluding carboxylic acids is 2. The minimum Gasteiger partial charge on any atom is -0.465 e. The molecule has 0 heterocycles. The Balaban J connectivity index is 2.75. The number of nitro groups is 1. The fraction of sp³-hybridized carbons (Fsp3) is 0.500. The van der Waals surface area contributed by atoms with E-state index in [0.29, 0.717) is 24.4 Å². The highest BCUT2D eigenvalue weighted by atomic mass is 16.6. The van der Waals surface area contributed by atoms with Crippen molar-refractivity contribution in [2.24, 2.45) is 0 Å². The fourth-order valence-corrected chi connectivity index (χ4v) is 2.17. The number of hydrogen-bond acceptors (Lipinski definition) is 7. The van der Waals surface area contributed by atoms with Crippen LogP contribution >= 0.6 is 0 Å². The molecule has 1 rings (SSSR count). The van der Waals surface area contributed by atoms with E-state index in [2.05, 4.69) is 5.32 Å². The van der Waals surface area contributed by atoms with Gasteiger partial charge in [-0.3, -0.25) is 24.6 Å². The van der Waals surface area contributed by atoms with Gasteiger partial charge in [0.2, 0.25) is 5.91 Å². The van der Waals surface area contributed by atoms with Crippen LogP contribution in [0.5, 0.6) is 0 Å². The molecule has 1 amide bonds. The standard InChI is InChI=1S/C16H23N3O6/c1-4-25-16(21)11-18(8-9-24-3)10-15(20)17-13-6-5-7-14(12(13)2)19(22)23/h5-7H,4,8-11H2,1-3H3,(H,17,20). The maximum Gasteiger partial charge on any atom is 0.320 e. The second-order valence-electron chi connectivity index (χ2n) is 5.26. The minimum absolute atomic E-state index is 0.0431. The summed E-state index contributed by atoms with van der Waals surface area (Å²) < 4.78 is 9.86. The summed E-state index contributed by atoms with van der Waals surface area (Å²) in [6.45, 7) is 4.14. The molecule has 138 valence electrons. The molecule has 1 aromatic carbocycles. The Morgan fingerprint density at radius 1 is 1.32 bits per heavy atom. The monoisotopic (exact) mass is 353 g/mol. The van der Waals surface area contributed by atoms with E-state index in [1.54, 1.807) is 24.8 Å². The van der Waals surface area contributed by atoms with Crippen molar-refractivity contribution >= 4 is 23.3 Å². The Labute approximate surface area is 146 Å². The van der Waals surface area contributed by atoms with Crippen LogP contribution in [0.25, 0.3) is 0 Å². The van der Waals surface area contributed by atoms with Crippen LogP contribution in [0.4, 0.5) is 11.4 Å². The maximum atomic E-state index is 12.2. The summed E-state index contributed by atoms with van der Waals surface area (Å²) in [5.74, 6) is -0.818. The first kappa shape index (κ1) is 20.5. The highest BCUT2D eigenvalue weighted by Gasteiger charge is 2.18. The molecular weight excluding hydrogens is 330 g/mol. The molecule has 9 nitrogen and oxygen atoms in total. The number of hydrogen-bond donors (Lipinski definition) is 1. The minimum atomic E-state index is -0.503. The van der Waals surface area contributed by atoms with Crippen LogP contribution in [-0.4, -0.2) is 61.7 Å². The van der Waals surface area contributed by atoms with E-state index in [0.717, 1.165) is 0 Å². The lowest BCUT2D eigenvalue weighted by atomic mass is 10.1. The van der Waals surface area contributed by atoms with Crippen molar-refractivity contribution in [1.82, 2.24) is 4.90 Å². The largest absolute Gasteiger partial charge is 0.465 e. The van der Waals surface area contributed by atoms with Crippen LogP contribution in [-0.2, 0) is 19.1 Å². The summed E-state index contributed by atoms with van der Waals surface area (Å²) in [6.07, 6.45) is 0. The van der Waals surface area contributed by atoms with Crippen molar-refractivity contribution in [2.45, 2.75) is 13.8 Å². The van der Waals surface area contributed by atoms with E-state index in [4.69, 9.17) is 9.47 Å². The molecule has 0 saturated heterocycles. The number of methoxy groups -OCH3 is 1. The van der Waals surface area contributed by atoms with Crippen molar-refractivity contribution < 1.29 is 24.0 Å². The summed E-state index contributed by atoms with van der Waals surface area (Å²) >= 11 is 0. The fourth-order valence-electron chi connectivity index (χ4n) is 2.17. The van der Waals surface area contributed by atoms with E-state index in [1.165, 1.54) is 19.2 Å². The first-order valence-electron chi connectivity index (χ1n) is 7.79. The zero-order valence-electron chi connectivity index (χ0n) is 14.6. The van der Waals surface area contributed by atoms with Gasteiger partial charge in [0.05, 0.1) is 42.5 Å². The van der Waals surface area contributed by atoms with E-state index >= 15 is 0 Å². The van der Waals surface area contributed by atoms with Gasteiger partial charge in [0.15, 0.2) is 0 Å². The first-order valence-corrected chi connectivity index (χ1v) is 7.79. The Morgan fingerprint density at radius 2 is 2.04 bits per heavy atom. The summed E-state index contributed by atoms with van der Waals surface area (Å²) in [5, 5.41) is 13.6. The highest BCUT2D eigenvalue weighted by Crippen LogP contribution is 2.24. The van der Waals surface area contributed by atoms with Gasteiger partial charge in [-0.1, -0.05) is 6.07 Å². The number of benzene rings is 1. The molecule has 0 bridgehead atoms. The lowest BCUT2D eigenvalue weighted by molar-refractivity contribution is -0.385. The molecule has 0 fully saturated rings. The van der Waals surface area contributed by atoms with Crippen molar-refractivity contribution in [2.75, 3.05) is 45.3 Å². The van der Waals surface area contributed by atoms with Gasteiger partial charge >= 0.3 is 5.97 Å². The molecule has 0 aliphatic carbocycles. The van der Waals surface area contributed by atoms with Gasteiger partial charge in [0.25, 0.3) is 5.69 Å². The Kier molecular flexibility index (Phi) is 8.51. The molecule has 0 unspecified atom stereocenters. The first-order chi connectivity index (χ1) is 11.9. The number of anilines is 1. The molecule has 1 N–H and O–H groups in total. The number of nitrogens with one attached hydrogen (secondary N) is 1. The summed E-state index contributed by atoms with van der Waals surface area (Å²) in [7, 11) is 1.52. The second kappa shape index (κ2) is 10.4. The molecule has 0 saturated carbocycles. The normalized spacial score (nSPS) is 10.6. The molecule has 0 aromatic heterocycles. The number of carbonyl (C=O) groups is 2. The zero-order chi connectivity index (χ0) is 18.8. The lowest BCUT2D eigenvalue weighted by Gasteiger charge is -2.20. The molecule has 0 radical (unpaired) electrons. The van der Waals surface area contributed by atoms with Gasteiger partial charge in [-0.05, 0) is 19.9 Å². The van der Waals surface area contributed by atoms with Gasteiger partial charge in [0, 0.05) is 19.7 Å². The third-order valence-corrected chi connectivity index (χ3v) is 3.41. The van der Waals surface area contributed by atoms with Crippen molar-refractivity contribution in [1.29, 1.82) is 0 Å². The number of nitrogens with zero attached hydrogens (tertiary/aromatic N) is 2.